The molecule has 0 heterocycles. The van der Waals surface area contributed by atoms with Gasteiger partial charge in [0.25, 0.3) is 11.8 Å². The fraction of sp³-hybridized carbons (Fsp3) is 0. The number of rotatable bonds is 2. The van der Waals surface area contributed by atoms with E-state index in [1.807, 2.05) is 0 Å². The summed E-state index contributed by atoms with van der Waals surface area (Å²) in [6.45, 7) is 0. The predicted molar refractivity (Wildman–Crippen MR) is 79.5 cm³/mol. The quantitative estimate of drug-likeness (QED) is 0.580. The van der Waals surface area contributed by atoms with Gasteiger partial charge in [-0.15, -0.1) is 0 Å². The zero-order valence-corrected chi connectivity index (χ0v) is 12.4. The third-order valence-corrected chi connectivity index (χ3v) is 3.30. The average Bonchev–Trinajstić information content (AvgIpc) is 2.48. The van der Waals surface area contributed by atoms with Crippen molar-refractivity contribution in [1.82, 2.24) is 10.9 Å². The Morgan fingerprint density at radius 1 is 0.955 bits per heavy atom. The lowest BCUT2D eigenvalue weighted by Gasteiger charge is -2.09. The molecule has 0 bridgehead atoms. The first-order chi connectivity index (χ1) is 10.4. The lowest BCUT2D eigenvalue weighted by Crippen LogP contribution is -2.41. The molecule has 0 saturated carbocycles. The van der Waals surface area contributed by atoms with E-state index in [-0.39, 0.29) is 26.9 Å². The Morgan fingerprint density at radius 3 is 2.18 bits per heavy atom. The van der Waals surface area contributed by atoms with Gasteiger partial charge in [-0.25, -0.2) is 4.39 Å². The molecule has 114 valence electrons. The molecule has 0 aliphatic rings. The second kappa shape index (κ2) is 6.64. The van der Waals surface area contributed by atoms with Gasteiger partial charge in [0.15, 0.2) is 0 Å². The van der Waals surface area contributed by atoms with Crippen molar-refractivity contribution in [3.63, 3.8) is 0 Å². The van der Waals surface area contributed by atoms with Crippen molar-refractivity contribution in [1.29, 1.82) is 0 Å². The van der Waals surface area contributed by atoms with Crippen LogP contribution in [-0.2, 0) is 0 Å². The van der Waals surface area contributed by atoms with Crippen molar-refractivity contribution in [3.8, 4) is 5.75 Å². The number of carbonyl (C=O) groups is 2. The minimum absolute atomic E-state index is 0.0313. The lowest BCUT2D eigenvalue weighted by atomic mass is 10.2. The van der Waals surface area contributed by atoms with E-state index >= 15 is 0 Å². The van der Waals surface area contributed by atoms with Crippen LogP contribution in [0.5, 0.6) is 5.75 Å². The summed E-state index contributed by atoms with van der Waals surface area (Å²) >= 11 is 11.3. The Kier molecular flexibility index (Phi) is 4.85. The van der Waals surface area contributed by atoms with Gasteiger partial charge in [-0.2, -0.15) is 0 Å². The van der Waals surface area contributed by atoms with Crippen molar-refractivity contribution in [3.05, 3.63) is 63.4 Å². The van der Waals surface area contributed by atoms with Gasteiger partial charge in [0, 0.05) is 0 Å². The van der Waals surface area contributed by atoms with Crippen LogP contribution in [-0.4, -0.2) is 16.9 Å². The van der Waals surface area contributed by atoms with Crippen molar-refractivity contribution in [2.24, 2.45) is 0 Å². The molecule has 3 N–H and O–H groups in total. The van der Waals surface area contributed by atoms with Gasteiger partial charge >= 0.3 is 0 Å². The molecular formula is C14H9Cl2FN2O3. The zero-order valence-electron chi connectivity index (χ0n) is 10.9. The number of aromatic hydroxyl groups is 1. The molecule has 22 heavy (non-hydrogen) atoms. The van der Waals surface area contributed by atoms with E-state index in [4.69, 9.17) is 23.2 Å². The van der Waals surface area contributed by atoms with Gasteiger partial charge in [0.05, 0.1) is 21.2 Å². The highest BCUT2D eigenvalue weighted by molar-refractivity contribution is 6.36. The predicted octanol–water partition coefficient (Wildman–Crippen LogP) is 2.91. The summed E-state index contributed by atoms with van der Waals surface area (Å²) in [5.41, 5.74) is 3.93. The molecule has 0 radical (unpaired) electrons. The van der Waals surface area contributed by atoms with Crippen LogP contribution in [0.2, 0.25) is 10.0 Å². The number of amides is 2. The number of phenols is 1. The first kappa shape index (κ1) is 16.1. The van der Waals surface area contributed by atoms with E-state index in [2.05, 4.69) is 10.9 Å². The van der Waals surface area contributed by atoms with E-state index < -0.39 is 17.6 Å². The lowest BCUT2D eigenvalue weighted by molar-refractivity contribution is 0.0845. The Hall–Kier alpha value is -2.31. The second-order valence-corrected chi connectivity index (χ2v) is 4.99. The summed E-state index contributed by atoms with van der Waals surface area (Å²) in [5, 5.41) is 9.22. The maximum absolute atomic E-state index is 13.3. The molecule has 0 atom stereocenters. The van der Waals surface area contributed by atoms with Crippen LogP contribution in [0, 0.1) is 5.82 Å². The summed E-state index contributed by atoms with van der Waals surface area (Å²) in [7, 11) is 0. The Balaban J connectivity index is 2.09. The number of hydrazine groups is 1. The minimum Gasteiger partial charge on any atom is -0.507 e. The summed E-state index contributed by atoms with van der Waals surface area (Å²) in [4.78, 5) is 23.7. The number of benzene rings is 2. The summed E-state index contributed by atoms with van der Waals surface area (Å²) < 4.78 is 13.3. The van der Waals surface area contributed by atoms with Gasteiger partial charge in [-0.05, 0) is 24.3 Å². The van der Waals surface area contributed by atoms with Gasteiger partial charge < -0.3 is 5.11 Å². The van der Waals surface area contributed by atoms with Crippen molar-refractivity contribution < 1.29 is 19.1 Å². The molecule has 8 heteroatoms. The highest BCUT2D eigenvalue weighted by Crippen LogP contribution is 2.24. The van der Waals surface area contributed by atoms with Crippen LogP contribution >= 0.6 is 23.2 Å². The zero-order chi connectivity index (χ0) is 16.3. The maximum Gasteiger partial charge on any atom is 0.273 e. The number of carbonyl (C=O) groups excluding carboxylic acids is 2. The van der Waals surface area contributed by atoms with Crippen molar-refractivity contribution in [2.75, 3.05) is 0 Å². The molecular weight excluding hydrogens is 334 g/mol. The molecule has 2 aromatic carbocycles. The second-order valence-electron chi connectivity index (χ2n) is 4.17. The molecule has 2 amide bonds. The van der Waals surface area contributed by atoms with E-state index in [0.29, 0.717) is 0 Å². The monoisotopic (exact) mass is 342 g/mol. The van der Waals surface area contributed by atoms with E-state index in [0.717, 1.165) is 12.1 Å². The summed E-state index contributed by atoms with van der Waals surface area (Å²) in [5.74, 6) is -2.63. The standard InChI is InChI=1S/C14H9Cl2FN2O3/c15-9-6-10(16)11(17)5-8(9)14(22)19-18-13(21)7-3-1-2-4-12(7)20/h1-6,20H,(H,18,21)(H,19,22). The Morgan fingerprint density at radius 2 is 1.55 bits per heavy atom. The third-order valence-electron chi connectivity index (χ3n) is 2.69. The highest BCUT2D eigenvalue weighted by atomic mass is 35.5. The summed E-state index contributed by atoms with van der Waals surface area (Å²) in [6, 6.07) is 7.71. The highest BCUT2D eigenvalue weighted by Gasteiger charge is 2.16. The first-order valence-corrected chi connectivity index (χ1v) is 6.69. The topological polar surface area (TPSA) is 78.4 Å². The normalized spacial score (nSPS) is 10.1. The van der Waals surface area contributed by atoms with Crippen LogP contribution in [0.1, 0.15) is 20.7 Å². The SMILES string of the molecule is O=C(NNC(=O)c1cc(F)c(Cl)cc1Cl)c1ccccc1O. The van der Waals surface area contributed by atoms with Crippen molar-refractivity contribution >= 4 is 35.0 Å². The van der Waals surface area contributed by atoms with E-state index in [1.54, 1.807) is 12.1 Å². The van der Waals surface area contributed by atoms with Gasteiger partial charge in [-0.3, -0.25) is 20.4 Å². The van der Waals surface area contributed by atoms with Crippen LogP contribution in [0.4, 0.5) is 4.39 Å². The number of para-hydroxylation sites is 1. The first-order valence-electron chi connectivity index (χ1n) is 5.93. The van der Waals surface area contributed by atoms with Crippen LogP contribution in [0.3, 0.4) is 0 Å². The van der Waals surface area contributed by atoms with Gasteiger partial charge in [-0.1, -0.05) is 35.3 Å². The Labute approximate surface area is 134 Å². The number of nitrogens with one attached hydrogen (secondary N) is 2. The fourth-order valence-corrected chi connectivity index (χ4v) is 2.08. The van der Waals surface area contributed by atoms with Gasteiger partial charge in [0.1, 0.15) is 11.6 Å². The summed E-state index contributed by atoms with van der Waals surface area (Å²) in [6.07, 6.45) is 0. The van der Waals surface area contributed by atoms with Crippen LogP contribution in [0.25, 0.3) is 0 Å². The van der Waals surface area contributed by atoms with Gasteiger partial charge in [0.2, 0.25) is 0 Å². The molecule has 0 saturated heterocycles. The number of phenolic OH excluding ortho intramolecular Hbond substituents is 1. The van der Waals surface area contributed by atoms with E-state index in [1.165, 1.54) is 12.1 Å². The van der Waals surface area contributed by atoms with E-state index in [9.17, 15) is 19.1 Å². The largest absolute Gasteiger partial charge is 0.507 e. The molecule has 2 rings (SSSR count). The third kappa shape index (κ3) is 3.47. The molecule has 5 nitrogen and oxygen atoms in total. The number of halogens is 3. The molecule has 0 spiro atoms. The fourth-order valence-electron chi connectivity index (χ4n) is 1.61. The molecule has 0 fully saturated rings. The molecule has 0 aromatic heterocycles. The number of hydrogen-bond donors (Lipinski definition) is 3. The van der Waals surface area contributed by atoms with Crippen LogP contribution < -0.4 is 10.9 Å². The maximum atomic E-state index is 13.3. The number of hydrogen-bond acceptors (Lipinski definition) is 3. The molecule has 0 unspecified atom stereocenters. The molecule has 0 aliphatic heterocycles. The molecule has 0 aliphatic carbocycles. The average molecular weight is 343 g/mol. The molecule has 2 aromatic rings. The smallest absolute Gasteiger partial charge is 0.273 e. The minimum atomic E-state index is -0.829. The van der Waals surface area contributed by atoms with Crippen LogP contribution in [0.15, 0.2) is 36.4 Å². The Bertz CT molecular complexity index is 753. The van der Waals surface area contributed by atoms with Crippen molar-refractivity contribution in [2.45, 2.75) is 0 Å².